The van der Waals surface area contributed by atoms with E-state index in [2.05, 4.69) is 28.4 Å². The Morgan fingerprint density at radius 3 is 2.90 bits per heavy atom. The monoisotopic (exact) mass is 302 g/mol. The fourth-order valence-electron chi connectivity index (χ4n) is 2.73. The molecule has 0 aliphatic carbocycles. The van der Waals surface area contributed by atoms with E-state index in [0.29, 0.717) is 6.61 Å². The van der Waals surface area contributed by atoms with Gasteiger partial charge in [-0.2, -0.15) is 0 Å². The van der Waals surface area contributed by atoms with Gasteiger partial charge in [-0.05, 0) is 25.2 Å². The number of halogens is 1. The van der Waals surface area contributed by atoms with Crippen LogP contribution >= 0.6 is 11.6 Å². The first kappa shape index (κ1) is 14.2. The molecular weight excluding hydrogens is 284 g/mol. The predicted octanol–water partition coefficient (Wildman–Crippen LogP) is 3.46. The van der Waals surface area contributed by atoms with Crippen LogP contribution in [0, 0.1) is 0 Å². The van der Waals surface area contributed by atoms with Crippen LogP contribution in [0.25, 0.3) is 0 Å². The van der Waals surface area contributed by atoms with Crippen molar-refractivity contribution in [3.05, 3.63) is 58.6 Å². The zero-order valence-electron chi connectivity index (χ0n) is 12.1. The average molecular weight is 303 g/mol. The van der Waals surface area contributed by atoms with Gasteiger partial charge in [0.1, 0.15) is 12.4 Å². The Hall–Kier alpha value is -1.71. The first-order chi connectivity index (χ1) is 10.3. The average Bonchev–Trinajstić information content (AvgIpc) is 2.71. The summed E-state index contributed by atoms with van der Waals surface area (Å²) < 4.78 is 5.84. The maximum atomic E-state index is 6.37. The van der Waals surface area contributed by atoms with Gasteiger partial charge in [0.05, 0.1) is 6.54 Å². The van der Waals surface area contributed by atoms with Gasteiger partial charge < -0.3 is 15.0 Å². The van der Waals surface area contributed by atoms with Crippen LogP contribution in [0.1, 0.15) is 11.1 Å². The molecule has 3 rings (SSSR count). The van der Waals surface area contributed by atoms with Crippen molar-refractivity contribution in [3.8, 4) is 5.75 Å². The normalized spacial score (nSPS) is 14.3. The molecule has 0 saturated heterocycles. The van der Waals surface area contributed by atoms with E-state index in [1.54, 1.807) is 0 Å². The molecule has 1 N–H and O–H groups in total. The summed E-state index contributed by atoms with van der Waals surface area (Å²) >= 11 is 6.37. The molecule has 110 valence electrons. The summed E-state index contributed by atoms with van der Waals surface area (Å²) in [6.45, 7) is 3.13. The third kappa shape index (κ3) is 2.99. The van der Waals surface area contributed by atoms with Crippen LogP contribution in [-0.4, -0.2) is 20.2 Å². The molecule has 0 fully saturated rings. The molecule has 0 spiro atoms. The Balaban J connectivity index is 1.96. The minimum atomic E-state index is 0.683. The van der Waals surface area contributed by atoms with Crippen molar-refractivity contribution in [1.29, 1.82) is 0 Å². The molecule has 1 aliphatic rings. The molecular formula is C17H19ClN2O. The summed E-state index contributed by atoms with van der Waals surface area (Å²) in [7, 11) is 1.94. The number of rotatable bonds is 3. The van der Waals surface area contributed by atoms with Gasteiger partial charge in [0, 0.05) is 34.9 Å². The second kappa shape index (κ2) is 6.37. The molecule has 21 heavy (non-hydrogen) atoms. The molecule has 1 heterocycles. The van der Waals surface area contributed by atoms with Crippen LogP contribution in [-0.2, 0) is 13.1 Å². The highest BCUT2D eigenvalue weighted by Crippen LogP contribution is 2.31. The van der Waals surface area contributed by atoms with Gasteiger partial charge in [-0.25, -0.2) is 0 Å². The Morgan fingerprint density at radius 2 is 2.05 bits per heavy atom. The Kier molecular flexibility index (Phi) is 4.32. The molecule has 0 amide bonds. The number of benzene rings is 2. The molecule has 0 radical (unpaired) electrons. The number of nitrogens with one attached hydrogen (secondary N) is 1. The zero-order valence-corrected chi connectivity index (χ0v) is 12.9. The third-order valence-electron chi connectivity index (χ3n) is 3.74. The van der Waals surface area contributed by atoms with E-state index in [9.17, 15) is 0 Å². The summed E-state index contributed by atoms with van der Waals surface area (Å²) in [6, 6.07) is 14.3. The van der Waals surface area contributed by atoms with Crippen LogP contribution in [0.5, 0.6) is 5.75 Å². The Labute approximate surface area is 130 Å². The van der Waals surface area contributed by atoms with E-state index in [1.165, 1.54) is 11.3 Å². The summed E-state index contributed by atoms with van der Waals surface area (Å²) in [5, 5.41) is 4.00. The van der Waals surface area contributed by atoms with Crippen molar-refractivity contribution in [3.63, 3.8) is 0 Å². The highest BCUT2D eigenvalue weighted by Gasteiger charge is 2.18. The smallest absolute Gasteiger partial charge is 0.124 e. The highest BCUT2D eigenvalue weighted by atomic mass is 35.5. The molecule has 0 saturated carbocycles. The van der Waals surface area contributed by atoms with E-state index in [0.717, 1.165) is 36.0 Å². The number of nitrogens with zero attached hydrogens (tertiary/aromatic N) is 1. The minimum Gasteiger partial charge on any atom is -0.491 e. The topological polar surface area (TPSA) is 24.5 Å². The molecule has 3 nitrogen and oxygen atoms in total. The van der Waals surface area contributed by atoms with Gasteiger partial charge in [-0.15, -0.1) is 0 Å². The van der Waals surface area contributed by atoms with E-state index >= 15 is 0 Å². The second-order valence-corrected chi connectivity index (χ2v) is 5.55. The van der Waals surface area contributed by atoms with Crippen molar-refractivity contribution in [2.75, 3.05) is 25.1 Å². The van der Waals surface area contributed by atoms with Crippen molar-refractivity contribution < 1.29 is 4.74 Å². The number of anilines is 1. The summed E-state index contributed by atoms with van der Waals surface area (Å²) in [5.74, 6) is 0.984. The lowest BCUT2D eigenvalue weighted by Gasteiger charge is -2.25. The van der Waals surface area contributed by atoms with Crippen molar-refractivity contribution in [2.45, 2.75) is 13.1 Å². The van der Waals surface area contributed by atoms with E-state index in [-0.39, 0.29) is 0 Å². The number of para-hydroxylation sites is 1. The molecule has 0 atom stereocenters. The standard InChI is InChI=1S/C17H19ClN2O/c1-19-11-14-15(18)6-4-7-16(14)20-9-10-21-17-8-3-2-5-13(17)12-20/h2-8,19H,9-12H2,1H3. The predicted molar refractivity (Wildman–Crippen MR) is 87.2 cm³/mol. The van der Waals surface area contributed by atoms with Gasteiger partial charge in [-0.1, -0.05) is 35.9 Å². The van der Waals surface area contributed by atoms with E-state index in [1.807, 2.05) is 31.3 Å². The van der Waals surface area contributed by atoms with E-state index in [4.69, 9.17) is 16.3 Å². The van der Waals surface area contributed by atoms with Crippen molar-refractivity contribution >= 4 is 17.3 Å². The molecule has 4 heteroatoms. The van der Waals surface area contributed by atoms with Crippen molar-refractivity contribution in [1.82, 2.24) is 5.32 Å². The summed E-state index contributed by atoms with van der Waals surface area (Å²) in [4.78, 5) is 2.34. The fourth-order valence-corrected chi connectivity index (χ4v) is 2.96. The molecule has 1 aliphatic heterocycles. The quantitative estimate of drug-likeness (QED) is 0.940. The van der Waals surface area contributed by atoms with Gasteiger partial charge >= 0.3 is 0 Å². The lowest BCUT2D eigenvalue weighted by atomic mass is 10.1. The van der Waals surface area contributed by atoms with Crippen LogP contribution in [0.3, 0.4) is 0 Å². The van der Waals surface area contributed by atoms with E-state index < -0.39 is 0 Å². The molecule has 2 aromatic carbocycles. The first-order valence-corrected chi connectivity index (χ1v) is 7.55. The van der Waals surface area contributed by atoms with Gasteiger partial charge in [0.25, 0.3) is 0 Å². The fraction of sp³-hybridized carbons (Fsp3) is 0.294. The van der Waals surface area contributed by atoms with Crippen molar-refractivity contribution in [2.24, 2.45) is 0 Å². The zero-order chi connectivity index (χ0) is 14.7. The van der Waals surface area contributed by atoms with Crippen LogP contribution in [0.2, 0.25) is 5.02 Å². The number of ether oxygens (including phenoxy) is 1. The van der Waals surface area contributed by atoms with Gasteiger partial charge in [-0.3, -0.25) is 0 Å². The molecule has 0 aromatic heterocycles. The second-order valence-electron chi connectivity index (χ2n) is 5.15. The van der Waals surface area contributed by atoms with Gasteiger partial charge in [0.2, 0.25) is 0 Å². The molecule has 0 unspecified atom stereocenters. The number of hydrogen-bond donors (Lipinski definition) is 1. The maximum Gasteiger partial charge on any atom is 0.124 e. The van der Waals surface area contributed by atoms with Crippen LogP contribution < -0.4 is 15.0 Å². The number of hydrogen-bond acceptors (Lipinski definition) is 3. The lowest BCUT2D eigenvalue weighted by molar-refractivity contribution is 0.331. The summed E-state index contributed by atoms with van der Waals surface area (Å²) in [6.07, 6.45) is 0. The Morgan fingerprint density at radius 1 is 1.19 bits per heavy atom. The minimum absolute atomic E-state index is 0.683. The van der Waals surface area contributed by atoms with Crippen LogP contribution in [0.4, 0.5) is 5.69 Å². The first-order valence-electron chi connectivity index (χ1n) is 7.17. The molecule has 2 aromatic rings. The van der Waals surface area contributed by atoms with Crippen LogP contribution in [0.15, 0.2) is 42.5 Å². The lowest BCUT2D eigenvalue weighted by Crippen LogP contribution is -2.27. The maximum absolute atomic E-state index is 6.37. The Bertz CT molecular complexity index is 630. The molecule has 0 bridgehead atoms. The third-order valence-corrected chi connectivity index (χ3v) is 4.10. The van der Waals surface area contributed by atoms with Gasteiger partial charge in [0.15, 0.2) is 0 Å². The largest absolute Gasteiger partial charge is 0.491 e. The number of fused-ring (bicyclic) bond motifs is 1. The summed E-state index contributed by atoms with van der Waals surface area (Å²) in [5.41, 5.74) is 3.53. The SMILES string of the molecule is CNCc1c(Cl)cccc1N1CCOc2ccccc2C1. The highest BCUT2D eigenvalue weighted by molar-refractivity contribution is 6.31.